The summed E-state index contributed by atoms with van der Waals surface area (Å²) in [5, 5.41) is 2.95. The van der Waals surface area contributed by atoms with Gasteiger partial charge in [-0.25, -0.2) is 4.39 Å². The van der Waals surface area contributed by atoms with Crippen LogP contribution in [0.1, 0.15) is 25.8 Å². The van der Waals surface area contributed by atoms with Crippen molar-refractivity contribution in [2.75, 3.05) is 0 Å². The highest BCUT2D eigenvalue weighted by atomic mass is 79.9. The Kier molecular flexibility index (Phi) is 3.41. The van der Waals surface area contributed by atoms with Gasteiger partial charge in [0.2, 0.25) is 5.91 Å². The lowest BCUT2D eigenvalue weighted by Gasteiger charge is -2.14. The monoisotopic (exact) mass is 357 g/mol. The molecule has 0 bridgehead atoms. The lowest BCUT2D eigenvalue weighted by molar-refractivity contribution is -0.123. The maximum atomic E-state index is 13.5. The van der Waals surface area contributed by atoms with Gasteiger partial charge in [0.1, 0.15) is 11.9 Å². The number of amides is 1. The predicted octanol–water partition coefficient (Wildman–Crippen LogP) is 3.44. The van der Waals surface area contributed by atoms with Crippen LogP contribution in [0, 0.1) is 10.6 Å². The summed E-state index contributed by atoms with van der Waals surface area (Å²) >= 11 is 8.41. The van der Waals surface area contributed by atoms with E-state index >= 15 is 0 Å². The van der Waals surface area contributed by atoms with E-state index in [4.69, 9.17) is 12.2 Å². The van der Waals surface area contributed by atoms with E-state index in [0.29, 0.717) is 26.3 Å². The van der Waals surface area contributed by atoms with Crippen molar-refractivity contribution < 1.29 is 9.18 Å². The number of nitrogens with one attached hydrogen (secondary N) is 2. The minimum absolute atomic E-state index is 0.0649. The number of hydrogen-bond donors (Lipinski definition) is 2. The molecule has 3 rings (SSSR count). The number of nitrogens with zero attached hydrogens (tertiary/aromatic N) is 1. The van der Waals surface area contributed by atoms with Crippen LogP contribution in [0.15, 0.2) is 16.6 Å². The number of imidazole rings is 1. The molecule has 20 heavy (non-hydrogen) atoms. The van der Waals surface area contributed by atoms with E-state index in [-0.39, 0.29) is 11.7 Å². The van der Waals surface area contributed by atoms with Crippen molar-refractivity contribution in [1.82, 2.24) is 14.9 Å². The van der Waals surface area contributed by atoms with Crippen molar-refractivity contribution in [3.63, 3.8) is 0 Å². The van der Waals surface area contributed by atoms with Crippen molar-refractivity contribution in [2.24, 2.45) is 0 Å². The second-order valence-electron chi connectivity index (χ2n) is 5.04. The summed E-state index contributed by atoms with van der Waals surface area (Å²) in [4.78, 5) is 15.1. The lowest BCUT2D eigenvalue weighted by atomic mass is 10.2. The highest BCUT2D eigenvalue weighted by molar-refractivity contribution is 9.10. The van der Waals surface area contributed by atoms with E-state index < -0.39 is 6.04 Å². The number of H-pyrrole nitrogens is 1. The summed E-state index contributed by atoms with van der Waals surface area (Å²) in [6.45, 7) is 1.79. The summed E-state index contributed by atoms with van der Waals surface area (Å²) in [6, 6.07) is 2.87. The van der Waals surface area contributed by atoms with Gasteiger partial charge in [-0.2, -0.15) is 0 Å². The minimum Gasteiger partial charge on any atom is -0.352 e. The highest BCUT2D eigenvalue weighted by Crippen LogP contribution is 2.26. The molecule has 1 aromatic heterocycles. The number of rotatable bonds is 3. The van der Waals surface area contributed by atoms with Crippen LogP contribution in [0.25, 0.3) is 11.0 Å². The molecule has 1 aliphatic rings. The van der Waals surface area contributed by atoms with Crippen molar-refractivity contribution in [1.29, 1.82) is 0 Å². The average molecular weight is 358 g/mol. The number of hydrogen-bond acceptors (Lipinski definition) is 2. The third-order valence-corrected chi connectivity index (χ3v) is 4.36. The first-order valence-electron chi connectivity index (χ1n) is 6.37. The fourth-order valence-electron chi connectivity index (χ4n) is 2.17. The summed E-state index contributed by atoms with van der Waals surface area (Å²) in [6.07, 6.45) is 2.07. The van der Waals surface area contributed by atoms with Gasteiger partial charge in [0, 0.05) is 12.1 Å². The normalized spacial score (nSPS) is 16.4. The summed E-state index contributed by atoms with van der Waals surface area (Å²) in [5.41, 5.74) is 1.29. The van der Waals surface area contributed by atoms with E-state index in [0.717, 1.165) is 12.8 Å². The Balaban J connectivity index is 2.05. The van der Waals surface area contributed by atoms with Gasteiger partial charge in [0.05, 0.1) is 15.5 Å². The van der Waals surface area contributed by atoms with Crippen LogP contribution in [0.2, 0.25) is 0 Å². The van der Waals surface area contributed by atoms with E-state index in [1.54, 1.807) is 17.6 Å². The van der Waals surface area contributed by atoms with Crippen LogP contribution >= 0.6 is 28.1 Å². The molecular formula is C13H13BrFN3OS. The Bertz CT molecular complexity index is 750. The molecule has 1 aromatic carbocycles. The molecule has 106 valence electrons. The van der Waals surface area contributed by atoms with Gasteiger partial charge in [-0.1, -0.05) is 0 Å². The number of benzene rings is 1. The first-order chi connectivity index (χ1) is 9.47. The Morgan fingerprint density at radius 1 is 1.60 bits per heavy atom. The molecular weight excluding hydrogens is 345 g/mol. The maximum absolute atomic E-state index is 13.5. The van der Waals surface area contributed by atoms with Gasteiger partial charge in [-0.15, -0.1) is 0 Å². The zero-order chi connectivity index (χ0) is 14.4. The molecule has 0 radical (unpaired) electrons. The number of aromatic nitrogens is 2. The molecule has 4 nitrogen and oxygen atoms in total. The minimum atomic E-state index is -0.436. The Morgan fingerprint density at radius 3 is 2.95 bits per heavy atom. The molecule has 2 N–H and O–H groups in total. The third kappa shape index (κ3) is 2.40. The van der Waals surface area contributed by atoms with Crippen LogP contribution in [0.5, 0.6) is 0 Å². The second kappa shape index (κ2) is 4.96. The fourth-order valence-corrected chi connectivity index (χ4v) is 2.87. The highest BCUT2D eigenvalue weighted by Gasteiger charge is 2.27. The molecule has 2 aromatic rings. The lowest BCUT2D eigenvalue weighted by Crippen LogP contribution is -2.32. The molecule has 1 saturated carbocycles. The first-order valence-corrected chi connectivity index (χ1v) is 7.57. The Hall–Kier alpha value is -1.21. The largest absolute Gasteiger partial charge is 0.352 e. The van der Waals surface area contributed by atoms with Crippen molar-refractivity contribution in [2.45, 2.75) is 31.8 Å². The molecule has 1 unspecified atom stereocenters. The molecule has 1 aliphatic carbocycles. The topological polar surface area (TPSA) is 49.8 Å². The molecule has 1 amide bonds. The number of fused-ring (bicyclic) bond motifs is 1. The van der Waals surface area contributed by atoms with Gasteiger partial charge < -0.3 is 14.9 Å². The van der Waals surface area contributed by atoms with Gasteiger partial charge in [-0.3, -0.25) is 4.79 Å². The van der Waals surface area contributed by atoms with E-state index in [9.17, 15) is 9.18 Å². The molecule has 0 spiro atoms. The quantitative estimate of drug-likeness (QED) is 0.826. The SMILES string of the molecule is CC(C(=O)NC1CC1)n1c(=S)[nH]c2cc(F)c(Br)cc21. The van der Waals surface area contributed by atoms with E-state index in [2.05, 4.69) is 26.2 Å². The first kappa shape index (κ1) is 13.8. The van der Waals surface area contributed by atoms with Crippen LogP contribution in [0.4, 0.5) is 4.39 Å². The zero-order valence-electron chi connectivity index (χ0n) is 10.7. The van der Waals surface area contributed by atoms with Gasteiger partial charge >= 0.3 is 0 Å². The molecule has 0 saturated heterocycles. The molecule has 0 aliphatic heterocycles. The van der Waals surface area contributed by atoms with Crippen molar-refractivity contribution in [3.8, 4) is 0 Å². The smallest absolute Gasteiger partial charge is 0.243 e. The third-order valence-electron chi connectivity index (χ3n) is 3.45. The maximum Gasteiger partial charge on any atom is 0.243 e. The molecule has 7 heteroatoms. The molecule has 1 heterocycles. The van der Waals surface area contributed by atoms with E-state index in [1.165, 1.54) is 6.07 Å². The number of carbonyl (C=O) groups is 1. The number of carbonyl (C=O) groups excluding carboxylic acids is 1. The molecule has 1 atom stereocenters. The summed E-state index contributed by atoms with van der Waals surface area (Å²) in [5.74, 6) is -0.430. The summed E-state index contributed by atoms with van der Waals surface area (Å²) < 4.78 is 16.0. The zero-order valence-corrected chi connectivity index (χ0v) is 13.1. The Labute approximate surface area is 128 Å². The summed E-state index contributed by atoms with van der Waals surface area (Å²) in [7, 11) is 0. The van der Waals surface area contributed by atoms with Crippen molar-refractivity contribution >= 4 is 45.1 Å². The van der Waals surface area contributed by atoms with Crippen molar-refractivity contribution in [3.05, 3.63) is 27.2 Å². The van der Waals surface area contributed by atoms with E-state index in [1.807, 2.05) is 0 Å². The fraction of sp³-hybridized carbons (Fsp3) is 0.385. The average Bonchev–Trinajstić information content (AvgIpc) is 3.13. The van der Waals surface area contributed by atoms with Gasteiger partial charge in [0.15, 0.2) is 4.77 Å². The number of aromatic amines is 1. The van der Waals surface area contributed by atoms with Gasteiger partial charge in [0.25, 0.3) is 0 Å². The Morgan fingerprint density at radius 2 is 2.30 bits per heavy atom. The number of halogens is 2. The van der Waals surface area contributed by atoms with Crippen LogP contribution < -0.4 is 5.32 Å². The van der Waals surface area contributed by atoms with Crippen LogP contribution in [-0.4, -0.2) is 21.5 Å². The van der Waals surface area contributed by atoms with Crippen LogP contribution in [0.3, 0.4) is 0 Å². The standard InChI is InChI=1S/C13H13BrFN3OS/c1-6(12(19)16-7-2-3-7)18-11-4-8(14)9(15)5-10(11)17-13(18)20/h4-7H,2-3H2,1H3,(H,16,19)(H,17,20). The van der Waals surface area contributed by atoms with Gasteiger partial charge in [-0.05, 0) is 54.0 Å². The second-order valence-corrected chi connectivity index (χ2v) is 6.28. The predicted molar refractivity (Wildman–Crippen MR) is 80.7 cm³/mol. The molecule has 1 fully saturated rings. The van der Waals surface area contributed by atoms with Crippen LogP contribution in [-0.2, 0) is 4.79 Å².